The Kier molecular flexibility index (Phi) is 6.70. The number of halogens is 3. The number of esters is 1. The van der Waals surface area contributed by atoms with E-state index in [1.165, 1.54) is 18.2 Å². The van der Waals surface area contributed by atoms with Crippen molar-refractivity contribution < 1.29 is 32.2 Å². The number of piperidine rings is 1. The molecule has 1 aromatic carbocycles. The number of hydrogen-bond donors (Lipinski definition) is 1. The van der Waals surface area contributed by atoms with Crippen LogP contribution in [0.4, 0.5) is 18.9 Å². The smallest absolute Gasteiger partial charge is 0.466 e. The lowest BCUT2D eigenvalue weighted by molar-refractivity contribution is -0.274. The molecular weight excluding hydrogens is 353 g/mol. The summed E-state index contributed by atoms with van der Waals surface area (Å²) in [4.78, 5) is 25.5. The first kappa shape index (κ1) is 19.9. The van der Waals surface area contributed by atoms with Crippen LogP contribution in [0.15, 0.2) is 24.3 Å². The first-order chi connectivity index (χ1) is 12.3. The molecule has 2 rings (SSSR count). The number of likely N-dealkylation sites (tertiary alicyclic amines) is 1. The maximum Gasteiger partial charge on any atom is 0.573 e. The Bertz CT molecular complexity index is 629. The van der Waals surface area contributed by atoms with Crippen LogP contribution >= 0.6 is 0 Å². The number of anilines is 1. The standard InChI is InChI=1S/C17H21F3N2O4/c1-2-25-16(24)12-6-8-22(9-7-12)15(23)11-21-13-4-3-5-14(10-13)26-17(18,19)20/h3-5,10,12,21H,2,6-9,11H2,1H3. The predicted molar refractivity (Wildman–Crippen MR) is 87.6 cm³/mol. The van der Waals surface area contributed by atoms with Crippen molar-refractivity contribution in [2.45, 2.75) is 26.1 Å². The third-order valence-electron chi connectivity index (χ3n) is 3.98. The second kappa shape index (κ2) is 8.77. The molecule has 1 N–H and O–H groups in total. The summed E-state index contributed by atoms with van der Waals surface area (Å²) in [6, 6.07) is 5.30. The van der Waals surface area contributed by atoms with Crippen molar-refractivity contribution in [2.75, 3.05) is 31.6 Å². The van der Waals surface area contributed by atoms with E-state index in [0.29, 0.717) is 38.2 Å². The number of ether oxygens (including phenoxy) is 2. The number of rotatable bonds is 6. The van der Waals surface area contributed by atoms with Crippen molar-refractivity contribution in [3.05, 3.63) is 24.3 Å². The van der Waals surface area contributed by atoms with Crippen molar-refractivity contribution in [3.63, 3.8) is 0 Å². The molecule has 6 nitrogen and oxygen atoms in total. The molecule has 9 heteroatoms. The normalized spacial score (nSPS) is 15.5. The molecule has 0 aromatic heterocycles. The van der Waals surface area contributed by atoms with Gasteiger partial charge in [-0.15, -0.1) is 13.2 Å². The van der Waals surface area contributed by atoms with E-state index in [2.05, 4.69) is 10.1 Å². The maximum absolute atomic E-state index is 12.2. The number of carbonyl (C=O) groups excluding carboxylic acids is 2. The third-order valence-corrected chi connectivity index (χ3v) is 3.98. The summed E-state index contributed by atoms with van der Waals surface area (Å²) in [6.45, 7) is 2.91. The first-order valence-corrected chi connectivity index (χ1v) is 8.32. The predicted octanol–water partition coefficient (Wildman–Crippen LogP) is 2.80. The Morgan fingerprint density at radius 3 is 2.58 bits per heavy atom. The van der Waals surface area contributed by atoms with Crippen LogP contribution in [-0.2, 0) is 14.3 Å². The summed E-state index contributed by atoms with van der Waals surface area (Å²) >= 11 is 0. The average molecular weight is 374 g/mol. The SMILES string of the molecule is CCOC(=O)C1CCN(C(=O)CNc2cccc(OC(F)(F)F)c2)CC1. The van der Waals surface area contributed by atoms with E-state index in [-0.39, 0.29) is 30.1 Å². The average Bonchev–Trinajstić information content (AvgIpc) is 2.59. The summed E-state index contributed by atoms with van der Waals surface area (Å²) in [5, 5.41) is 2.79. The summed E-state index contributed by atoms with van der Waals surface area (Å²) in [5.41, 5.74) is 0.349. The van der Waals surface area contributed by atoms with Gasteiger partial charge in [-0.05, 0) is 31.9 Å². The molecule has 1 saturated heterocycles. The topological polar surface area (TPSA) is 67.9 Å². The van der Waals surface area contributed by atoms with E-state index in [1.54, 1.807) is 17.9 Å². The van der Waals surface area contributed by atoms with Crippen LogP contribution in [0.1, 0.15) is 19.8 Å². The molecule has 1 heterocycles. The van der Waals surface area contributed by atoms with Gasteiger partial charge in [0.1, 0.15) is 5.75 Å². The Morgan fingerprint density at radius 2 is 1.96 bits per heavy atom. The fraction of sp³-hybridized carbons (Fsp3) is 0.529. The van der Waals surface area contributed by atoms with Crippen molar-refractivity contribution in [3.8, 4) is 5.75 Å². The lowest BCUT2D eigenvalue weighted by Gasteiger charge is -2.31. The molecule has 0 saturated carbocycles. The van der Waals surface area contributed by atoms with Gasteiger partial charge in [0.25, 0.3) is 0 Å². The highest BCUT2D eigenvalue weighted by atomic mass is 19.4. The van der Waals surface area contributed by atoms with Gasteiger partial charge in [0.15, 0.2) is 0 Å². The fourth-order valence-corrected chi connectivity index (χ4v) is 2.72. The second-order valence-electron chi connectivity index (χ2n) is 5.84. The lowest BCUT2D eigenvalue weighted by Crippen LogP contribution is -2.43. The van der Waals surface area contributed by atoms with Crippen LogP contribution in [0.25, 0.3) is 0 Å². The van der Waals surface area contributed by atoms with Crippen LogP contribution in [-0.4, -0.2) is 49.4 Å². The molecule has 26 heavy (non-hydrogen) atoms. The largest absolute Gasteiger partial charge is 0.573 e. The third kappa shape index (κ3) is 6.12. The molecule has 1 aromatic rings. The zero-order valence-electron chi connectivity index (χ0n) is 14.3. The molecule has 1 fully saturated rings. The van der Waals surface area contributed by atoms with Gasteiger partial charge in [-0.25, -0.2) is 0 Å². The van der Waals surface area contributed by atoms with Crippen LogP contribution in [0.3, 0.4) is 0 Å². The molecule has 0 bridgehead atoms. The van der Waals surface area contributed by atoms with E-state index in [0.717, 1.165) is 0 Å². The molecule has 0 unspecified atom stereocenters. The van der Waals surface area contributed by atoms with Gasteiger partial charge >= 0.3 is 12.3 Å². The van der Waals surface area contributed by atoms with Crippen LogP contribution in [0, 0.1) is 5.92 Å². The molecular formula is C17H21F3N2O4. The van der Waals surface area contributed by atoms with E-state index < -0.39 is 6.36 Å². The second-order valence-corrected chi connectivity index (χ2v) is 5.84. The molecule has 1 aliphatic rings. The molecule has 1 aliphatic heterocycles. The van der Waals surface area contributed by atoms with Crippen LogP contribution < -0.4 is 10.1 Å². The minimum Gasteiger partial charge on any atom is -0.466 e. The molecule has 0 aliphatic carbocycles. The molecule has 0 atom stereocenters. The molecule has 0 spiro atoms. The maximum atomic E-state index is 12.2. The van der Waals surface area contributed by atoms with Gasteiger partial charge in [-0.1, -0.05) is 6.07 Å². The van der Waals surface area contributed by atoms with Gasteiger partial charge in [0, 0.05) is 24.8 Å². The lowest BCUT2D eigenvalue weighted by atomic mass is 9.97. The van der Waals surface area contributed by atoms with Crippen molar-refractivity contribution >= 4 is 17.6 Å². The van der Waals surface area contributed by atoms with Gasteiger partial charge in [0.05, 0.1) is 19.1 Å². The number of nitrogens with zero attached hydrogens (tertiary/aromatic N) is 1. The van der Waals surface area contributed by atoms with E-state index in [9.17, 15) is 22.8 Å². The monoisotopic (exact) mass is 374 g/mol. The minimum absolute atomic E-state index is 0.0560. The van der Waals surface area contributed by atoms with E-state index >= 15 is 0 Å². The number of amides is 1. The number of hydrogen-bond acceptors (Lipinski definition) is 5. The zero-order chi connectivity index (χ0) is 19.2. The van der Waals surface area contributed by atoms with Crippen molar-refractivity contribution in [1.82, 2.24) is 4.90 Å². The van der Waals surface area contributed by atoms with E-state index in [1.807, 2.05) is 0 Å². The molecule has 1 amide bonds. The highest BCUT2D eigenvalue weighted by Gasteiger charge is 2.31. The fourth-order valence-electron chi connectivity index (χ4n) is 2.72. The molecule has 144 valence electrons. The number of alkyl halides is 3. The Balaban J connectivity index is 1.81. The summed E-state index contributed by atoms with van der Waals surface area (Å²) in [7, 11) is 0. The zero-order valence-corrected chi connectivity index (χ0v) is 14.3. The number of carbonyl (C=O) groups is 2. The van der Waals surface area contributed by atoms with Gasteiger partial charge in [-0.3, -0.25) is 9.59 Å². The number of benzene rings is 1. The van der Waals surface area contributed by atoms with E-state index in [4.69, 9.17) is 4.74 Å². The number of nitrogens with one attached hydrogen (secondary N) is 1. The molecule has 0 radical (unpaired) electrons. The van der Waals surface area contributed by atoms with Crippen LogP contribution in [0.5, 0.6) is 5.75 Å². The first-order valence-electron chi connectivity index (χ1n) is 8.32. The van der Waals surface area contributed by atoms with Gasteiger partial charge < -0.3 is 19.7 Å². The highest BCUT2D eigenvalue weighted by molar-refractivity contribution is 5.81. The summed E-state index contributed by atoms with van der Waals surface area (Å²) < 4.78 is 45.5. The van der Waals surface area contributed by atoms with Gasteiger partial charge in [0.2, 0.25) is 5.91 Å². The Morgan fingerprint density at radius 1 is 1.27 bits per heavy atom. The van der Waals surface area contributed by atoms with Gasteiger partial charge in [-0.2, -0.15) is 0 Å². The Hall–Kier alpha value is -2.45. The quantitative estimate of drug-likeness (QED) is 0.776. The highest BCUT2D eigenvalue weighted by Crippen LogP contribution is 2.25. The van der Waals surface area contributed by atoms with Crippen LogP contribution in [0.2, 0.25) is 0 Å². The summed E-state index contributed by atoms with van der Waals surface area (Å²) in [5.74, 6) is -0.970. The van der Waals surface area contributed by atoms with Crippen molar-refractivity contribution in [1.29, 1.82) is 0 Å². The summed E-state index contributed by atoms with van der Waals surface area (Å²) in [6.07, 6.45) is -3.68. The Labute approximate surface area is 149 Å². The minimum atomic E-state index is -4.77. The van der Waals surface area contributed by atoms with Crippen molar-refractivity contribution in [2.24, 2.45) is 5.92 Å².